The molecular formula is C10H10F2N2O4. The molecule has 1 aromatic carbocycles. The van der Waals surface area contributed by atoms with Gasteiger partial charge in [0.1, 0.15) is 5.82 Å². The predicted octanol–water partition coefficient (Wildman–Crippen LogP) is 1.44. The fourth-order valence-corrected chi connectivity index (χ4v) is 1.27. The monoisotopic (exact) mass is 260 g/mol. The molecule has 1 rings (SSSR count). The van der Waals surface area contributed by atoms with E-state index in [1.165, 1.54) is 0 Å². The van der Waals surface area contributed by atoms with E-state index in [0.29, 0.717) is 6.07 Å². The van der Waals surface area contributed by atoms with Crippen LogP contribution in [0.15, 0.2) is 12.1 Å². The van der Waals surface area contributed by atoms with E-state index in [4.69, 9.17) is 5.11 Å². The van der Waals surface area contributed by atoms with Crippen molar-refractivity contribution in [3.63, 3.8) is 0 Å². The van der Waals surface area contributed by atoms with E-state index in [1.54, 1.807) is 0 Å². The molecule has 1 aromatic rings. The van der Waals surface area contributed by atoms with Crippen LogP contribution in [0.4, 0.5) is 14.5 Å². The van der Waals surface area contributed by atoms with Gasteiger partial charge in [-0.05, 0) is 0 Å². The number of carboxylic acids is 1. The lowest BCUT2D eigenvalue weighted by atomic mass is 10.1. The number of carbonyl (C=O) groups is 1. The molecule has 0 aliphatic rings. The lowest BCUT2D eigenvalue weighted by Crippen LogP contribution is -2.18. The number of benzene rings is 1. The van der Waals surface area contributed by atoms with Crippen LogP contribution in [0.3, 0.4) is 0 Å². The maximum atomic E-state index is 13.3. The molecule has 0 fully saturated rings. The molecule has 0 radical (unpaired) electrons. The van der Waals surface area contributed by atoms with Crippen LogP contribution in [-0.4, -0.2) is 22.5 Å². The fraction of sp³-hybridized carbons (Fsp3) is 0.300. The Balaban J connectivity index is 2.73. The number of aliphatic carboxylic acids is 1. The number of rotatable bonds is 6. The summed E-state index contributed by atoms with van der Waals surface area (Å²) in [7, 11) is 0. The number of carboxylic acid groups (broad SMARTS) is 1. The van der Waals surface area contributed by atoms with E-state index in [9.17, 15) is 23.7 Å². The number of nitro groups is 1. The van der Waals surface area contributed by atoms with Gasteiger partial charge in [0.05, 0.1) is 11.3 Å². The first-order valence-corrected chi connectivity index (χ1v) is 4.96. The maximum Gasteiger partial charge on any atom is 0.305 e. The van der Waals surface area contributed by atoms with Gasteiger partial charge in [-0.3, -0.25) is 14.9 Å². The van der Waals surface area contributed by atoms with Crippen molar-refractivity contribution in [1.82, 2.24) is 5.32 Å². The molecule has 0 aliphatic carbocycles. The van der Waals surface area contributed by atoms with Gasteiger partial charge < -0.3 is 10.4 Å². The summed E-state index contributed by atoms with van der Waals surface area (Å²) in [5.74, 6) is -3.18. The molecule has 0 aliphatic heterocycles. The van der Waals surface area contributed by atoms with Crippen LogP contribution in [0.2, 0.25) is 0 Å². The topological polar surface area (TPSA) is 92.5 Å². The summed E-state index contributed by atoms with van der Waals surface area (Å²) >= 11 is 0. The number of halogens is 2. The smallest absolute Gasteiger partial charge is 0.305 e. The van der Waals surface area contributed by atoms with Crippen LogP contribution in [0.1, 0.15) is 12.0 Å². The molecule has 0 amide bonds. The van der Waals surface area contributed by atoms with Crippen LogP contribution in [-0.2, 0) is 11.3 Å². The minimum atomic E-state index is -1.24. The van der Waals surface area contributed by atoms with Crippen molar-refractivity contribution in [2.75, 3.05) is 6.54 Å². The largest absolute Gasteiger partial charge is 0.481 e. The second kappa shape index (κ2) is 6.01. The van der Waals surface area contributed by atoms with E-state index in [2.05, 4.69) is 5.32 Å². The zero-order chi connectivity index (χ0) is 13.7. The van der Waals surface area contributed by atoms with Crippen molar-refractivity contribution < 1.29 is 23.6 Å². The first kappa shape index (κ1) is 14.0. The zero-order valence-electron chi connectivity index (χ0n) is 9.15. The average Bonchev–Trinajstić information content (AvgIpc) is 2.25. The molecular weight excluding hydrogens is 250 g/mol. The van der Waals surface area contributed by atoms with Gasteiger partial charge in [0.25, 0.3) is 0 Å². The molecule has 0 bridgehead atoms. The lowest BCUT2D eigenvalue weighted by molar-refractivity contribution is -0.387. The summed E-state index contributed by atoms with van der Waals surface area (Å²) in [6.07, 6.45) is -0.162. The molecule has 0 saturated carbocycles. The Bertz CT molecular complexity index is 479. The number of nitrogens with one attached hydrogen (secondary N) is 1. The van der Waals surface area contributed by atoms with Crippen molar-refractivity contribution in [3.05, 3.63) is 39.4 Å². The minimum absolute atomic E-state index is 0.0833. The van der Waals surface area contributed by atoms with E-state index in [1.807, 2.05) is 0 Å². The number of nitro benzene ring substituents is 1. The normalized spacial score (nSPS) is 10.3. The third-order valence-corrected chi connectivity index (χ3v) is 2.14. The van der Waals surface area contributed by atoms with Crippen LogP contribution >= 0.6 is 0 Å². The van der Waals surface area contributed by atoms with Crippen molar-refractivity contribution in [2.24, 2.45) is 0 Å². The Hall–Kier alpha value is -2.09. The SMILES string of the molecule is O=C(O)CCNCc1cc([N+](=O)[O-])c(F)cc1F. The van der Waals surface area contributed by atoms with Crippen molar-refractivity contribution in [3.8, 4) is 0 Å². The highest BCUT2D eigenvalue weighted by Crippen LogP contribution is 2.21. The van der Waals surface area contributed by atoms with Gasteiger partial charge in [0.2, 0.25) is 5.82 Å². The van der Waals surface area contributed by atoms with Crippen molar-refractivity contribution in [1.29, 1.82) is 0 Å². The van der Waals surface area contributed by atoms with Gasteiger partial charge in [0, 0.05) is 30.8 Å². The highest BCUT2D eigenvalue weighted by molar-refractivity contribution is 5.66. The molecule has 0 heterocycles. The second-order valence-corrected chi connectivity index (χ2v) is 3.47. The molecule has 0 unspecified atom stereocenters. The van der Waals surface area contributed by atoms with Gasteiger partial charge in [-0.25, -0.2) is 4.39 Å². The third-order valence-electron chi connectivity index (χ3n) is 2.14. The Morgan fingerprint density at radius 2 is 2.06 bits per heavy atom. The lowest BCUT2D eigenvalue weighted by Gasteiger charge is -2.05. The Morgan fingerprint density at radius 1 is 1.39 bits per heavy atom. The molecule has 18 heavy (non-hydrogen) atoms. The first-order valence-electron chi connectivity index (χ1n) is 4.96. The number of nitrogens with zero attached hydrogens (tertiary/aromatic N) is 1. The fourth-order valence-electron chi connectivity index (χ4n) is 1.27. The van der Waals surface area contributed by atoms with Crippen LogP contribution in [0.5, 0.6) is 0 Å². The third kappa shape index (κ3) is 3.74. The second-order valence-electron chi connectivity index (χ2n) is 3.47. The maximum absolute atomic E-state index is 13.3. The van der Waals surface area contributed by atoms with Crippen LogP contribution in [0, 0.1) is 21.7 Å². The van der Waals surface area contributed by atoms with Gasteiger partial charge in [-0.2, -0.15) is 4.39 Å². The van der Waals surface area contributed by atoms with Gasteiger partial charge in [0.15, 0.2) is 0 Å². The average molecular weight is 260 g/mol. The van der Waals surface area contributed by atoms with Gasteiger partial charge in [-0.15, -0.1) is 0 Å². The first-order chi connectivity index (χ1) is 8.41. The standard InChI is InChI=1S/C10H10F2N2O4/c11-7-4-8(12)9(14(17)18)3-6(7)5-13-2-1-10(15)16/h3-4,13H,1-2,5H2,(H,15,16). The number of hydrogen-bond donors (Lipinski definition) is 2. The highest BCUT2D eigenvalue weighted by Gasteiger charge is 2.18. The Kier molecular flexibility index (Phi) is 4.67. The van der Waals surface area contributed by atoms with Gasteiger partial charge >= 0.3 is 11.7 Å². The van der Waals surface area contributed by atoms with E-state index >= 15 is 0 Å². The Morgan fingerprint density at radius 3 is 2.61 bits per heavy atom. The summed E-state index contributed by atoms with van der Waals surface area (Å²) in [5, 5.41) is 21.4. The summed E-state index contributed by atoms with van der Waals surface area (Å²) in [5.41, 5.74) is -0.903. The van der Waals surface area contributed by atoms with Crippen molar-refractivity contribution in [2.45, 2.75) is 13.0 Å². The van der Waals surface area contributed by atoms with Crippen LogP contribution < -0.4 is 5.32 Å². The summed E-state index contributed by atoms with van der Waals surface area (Å²) in [4.78, 5) is 19.7. The quantitative estimate of drug-likeness (QED) is 0.458. The molecule has 98 valence electrons. The Labute approximate surface area is 100 Å². The molecule has 0 spiro atoms. The molecule has 0 saturated heterocycles. The summed E-state index contributed by atoms with van der Waals surface area (Å²) in [6.45, 7) is -0.0276. The molecule has 6 nitrogen and oxygen atoms in total. The zero-order valence-corrected chi connectivity index (χ0v) is 9.15. The molecule has 8 heteroatoms. The predicted molar refractivity (Wildman–Crippen MR) is 57.0 cm³/mol. The highest BCUT2D eigenvalue weighted by atomic mass is 19.1. The van der Waals surface area contributed by atoms with Crippen molar-refractivity contribution >= 4 is 11.7 Å². The number of hydrogen-bond acceptors (Lipinski definition) is 4. The van der Waals surface area contributed by atoms with E-state index in [0.717, 1.165) is 6.07 Å². The molecule has 0 aromatic heterocycles. The summed E-state index contributed by atoms with van der Waals surface area (Å²) < 4.78 is 26.3. The minimum Gasteiger partial charge on any atom is -0.481 e. The van der Waals surface area contributed by atoms with E-state index < -0.39 is 28.2 Å². The summed E-state index contributed by atoms with van der Waals surface area (Å²) in [6, 6.07) is 1.23. The van der Waals surface area contributed by atoms with Crippen LogP contribution in [0.25, 0.3) is 0 Å². The molecule has 2 N–H and O–H groups in total. The molecule has 0 atom stereocenters. The van der Waals surface area contributed by atoms with Gasteiger partial charge in [-0.1, -0.05) is 0 Å². The van der Waals surface area contributed by atoms with E-state index in [-0.39, 0.29) is 25.1 Å².